The molecule has 1 saturated carbocycles. The van der Waals surface area contributed by atoms with Gasteiger partial charge < -0.3 is 5.73 Å². The van der Waals surface area contributed by atoms with E-state index in [0.717, 1.165) is 6.42 Å². The van der Waals surface area contributed by atoms with Gasteiger partial charge >= 0.3 is 0 Å². The third-order valence-electron chi connectivity index (χ3n) is 3.08. The van der Waals surface area contributed by atoms with E-state index < -0.39 is 17.2 Å². The summed E-state index contributed by atoms with van der Waals surface area (Å²) in [5.41, 5.74) is 5.37. The molecule has 4 heteroatoms. The molecule has 0 radical (unpaired) electrons. The van der Waals surface area contributed by atoms with Gasteiger partial charge in [-0.2, -0.15) is 0 Å². The van der Waals surface area contributed by atoms with Crippen molar-refractivity contribution in [2.75, 3.05) is 0 Å². The number of rotatable bonds is 1. The number of hydrogen-bond acceptors (Lipinski definition) is 1. The molecule has 2 N–H and O–H groups in total. The van der Waals surface area contributed by atoms with Crippen LogP contribution >= 0.6 is 11.6 Å². The van der Waals surface area contributed by atoms with Crippen molar-refractivity contribution in [3.8, 4) is 0 Å². The van der Waals surface area contributed by atoms with E-state index in [0.29, 0.717) is 18.4 Å². The largest absolute Gasteiger partial charge is 0.321 e. The average Bonchev–Trinajstić information content (AvgIpc) is 2.12. The molecule has 1 aromatic rings. The molecule has 1 nitrogen and oxygen atoms in total. The summed E-state index contributed by atoms with van der Waals surface area (Å²) in [7, 11) is 0. The van der Waals surface area contributed by atoms with E-state index in [2.05, 4.69) is 0 Å². The van der Waals surface area contributed by atoms with Gasteiger partial charge in [0, 0.05) is 11.1 Å². The highest BCUT2D eigenvalue weighted by Gasteiger charge is 2.40. The van der Waals surface area contributed by atoms with Crippen molar-refractivity contribution in [1.82, 2.24) is 0 Å². The molecule has 0 spiro atoms. The maximum absolute atomic E-state index is 13.8. The van der Waals surface area contributed by atoms with Crippen molar-refractivity contribution in [2.45, 2.75) is 31.7 Å². The van der Waals surface area contributed by atoms with Crippen molar-refractivity contribution in [3.63, 3.8) is 0 Å². The van der Waals surface area contributed by atoms with Crippen LogP contribution in [0.5, 0.6) is 0 Å². The molecule has 1 aliphatic rings. The number of halogens is 3. The van der Waals surface area contributed by atoms with E-state index in [9.17, 15) is 8.78 Å². The second kappa shape index (κ2) is 3.42. The summed E-state index contributed by atoms with van der Waals surface area (Å²) in [6, 6.07) is 1.29. The first-order chi connectivity index (χ1) is 6.96. The quantitative estimate of drug-likeness (QED) is 0.738. The lowest BCUT2D eigenvalue weighted by Crippen LogP contribution is -2.45. The van der Waals surface area contributed by atoms with Gasteiger partial charge in [0.25, 0.3) is 0 Å². The molecule has 2 rings (SSSR count). The highest BCUT2D eigenvalue weighted by molar-refractivity contribution is 6.30. The first-order valence-corrected chi connectivity index (χ1v) is 5.27. The zero-order valence-electron chi connectivity index (χ0n) is 8.41. The van der Waals surface area contributed by atoms with Crippen LogP contribution in [0.15, 0.2) is 6.07 Å². The van der Waals surface area contributed by atoms with E-state index in [4.69, 9.17) is 17.3 Å². The molecule has 0 aliphatic heterocycles. The minimum atomic E-state index is -0.857. The van der Waals surface area contributed by atoms with Crippen molar-refractivity contribution in [2.24, 2.45) is 5.73 Å². The Morgan fingerprint density at radius 2 is 1.93 bits per heavy atom. The molecule has 1 fully saturated rings. The number of aryl methyl sites for hydroxylation is 1. The van der Waals surface area contributed by atoms with E-state index in [1.807, 2.05) is 0 Å². The van der Waals surface area contributed by atoms with Crippen molar-refractivity contribution in [1.29, 1.82) is 0 Å². The molecule has 1 aromatic carbocycles. The molecule has 15 heavy (non-hydrogen) atoms. The summed E-state index contributed by atoms with van der Waals surface area (Å²) >= 11 is 5.68. The molecule has 0 atom stereocenters. The van der Waals surface area contributed by atoms with Gasteiger partial charge in [0.15, 0.2) is 0 Å². The Kier molecular flexibility index (Phi) is 2.47. The Balaban J connectivity index is 2.63. The highest BCUT2D eigenvalue weighted by atomic mass is 35.5. The standard InChI is InChI=1S/C11H12ClF2N/c1-6-5-7(12)10(14)8(9(6)13)11(15)3-2-4-11/h5H,2-4,15H2,1H3. The Bertz CT molecular complexity index is 387. The molecule has 0 aromatic heterocycles. The molecule has 0 saturated heterocycles. The topological polar surface area (TPSA) is 26.0 Å². The van der Waals surface area contributed by atoms with Crippen LogP contribution in [0.1, 0.15) is 30.4 Å². The van der Waals surface area contributed by atoms with Crippen LogP contribution in [0.4, 0.5) is 8.78 Å². The van der Waals surface area contributed by atoms with Gasteiger partial charge in [-0.25, -0.2) is 8.78 Å². The fraction of sp³-hybridized carbons (Fsp3) is 0.455. The predicted molar refractivity (Wildman–Crippen MR) is 55.8 cm³/mol. The molecule has 0 bridgehead atoms. The third kappa shape index (κ3) is 1.54. The van der Waals surface area contributed by atoms with Gasteiger partial charge in [0.05, 0.1) is 5.02 Å². The number of nitrogens with two attached hydrogens (primary N) is 1. The average molecular weight is 232 g/mol. The van der Waals surface area contributed by atoms with E-state index >= 15 is 0 Å². The first kappa shape index (κ1) is 10.8. The van der Waals surface area contributed by atoms with Gasteiger partial charge in [-0.1, -0.05) is 11.6 Å². The SMILES string of the molecule is Cc1cc(Cl)c(F)c(C2(N)CCC2)c1F. The van der Waals surface area contributed by atoms with Crippen molar-refractivity contribution < 1.29 is 8.78 Å². The van der Waals surface area contributed by atoms with Crippen LogP contribution in [0, 0.1) is 18.6 Å². The van der Waals surface area contributed by atoms with Gasteiger partial charge in [0.1, 0.15) is 11.6 Å². The van der Waals surface area contributed by atoms with Crippen LogP contribution < -0.4 is 5.73 Å². The summed E-state index contributed by atoms with van der Waals surface area (Å²) in [6.45, 7) is 1.56. The summed E-state index contributed by atoms with van der Waals surface area (Å²) in [5, 5.41) is -0.0550. The minimum Gasteiger partial charge on any atom is -0.321 e. The van der Waals surface area contributed by atoms with Crippen LogP contribution in [0.2, 0.25) is 5.02 Å². The zero-order valence-corrected chi connectivity index (χ0v) is 9.17. The van der Waals surface area contributed by atoms with E-state index in [-0.39, 0.29) is 10.6 Å². The van der Waals surface area contributed by atoms with E-state index in [1.54, 1.807) is 6.92 Å². The van der Waals surface area contributed by atoms with E-state index in [1.165, 1.54) is 6.07 Å². The summed E-state index contributed by atoms with van der Waals surface area (Å²) < 4.78 is 27.5. The first-order valence-electron chi connectivity index (χ1n) is 4.89. The van der Waals surface area contributed by atoms with Gasteiger partial charge in [-0.3, -0.25) is 0 Å². The summed E-state index contributed by atoms with van der Waals surface area (Å²) in [4.78, 5) is 0. The lowest BCUT2D eigenvalue weighted by Gasteiger charge is -2.39. The van der Waals surface area contributed by atoms with Crippen LogP contribution in [-0.2, 0) is 5.54 Å². The molecule has 1 aliphatic carbocycles. The lowest BCUT2D eigenvalue weighted by atomic mass is 9.72. The normalized spacial score (nSPS) is 18.7. The molecule has 0 heterocycles. The Morgan fingerprint density at radius 3 is 2.40 bits per heavy atom. The fourth-order valence-electron chi connectivity index (χ4n) is 1.97. The van der Waals surface area contributed by atoms with Gasteiger partial charge in [-0.15, -0.1) is 0 Å². The molecular formula is C11H12ClF2N. The van der Waals surface area contributed by atoms with Gasteiger partial charge in [0.2, 0.25) is 0 Å². The maximum atomic E-state index is 13.8. The highest BCUT2D eigenvalue weighted by Crippen LogP contribution is 2.43. The van der Waals surface area contributed by atoms with Crippen molar-refractivity contribution in [3.05, 3.63) is 33.9 Å². The predicted octanol–water partition coefficient (Wildman–Crippen LogP) is 3.26. The summed E-state index contributed by atoms with van der Waals surface area (Å²) in [6.07, 6.45) is 2.13. The zero-order chi connectivity index (χ0) is 11.2. The molecule has 82 valence electrons. The molecular weight excluding hydrogens is 220 g/mol. The fourth-order valence-corrected chi connectivity index (χ4v) is 2.23. The summed E-state index contributed by atoms with van der Waals surface area (Å²) in [5.74, 6) is -1.26. The third-order valence-corrected chi connectivity index (χ3v) is 3.36. The monoisotopic (exact) mass is 231 g/mol. The second-order valence-corrected chi connectivity index (χ2v) is 4.60. The lowest BCUT2D eigenvalue weighted by molar-refractivity contribution is 0.235. The Labute approximate surface area is 92.2 Å². The molecule has 0 amide bonds. The minimum absolute atomic E-state index is 0.0428. The second-order valence-electron chi connectivity index (χ2n) is 4.19. The Hall–Kier alpha value is -0.670. The van der Waals surface area contributed by atoms with Crippen molar-refractivity contribution >= 4 is 11.6 Å². The van der Waals surface area contributed by atoms with Crippen LogP contribution in [-0.4, -0.2) is 0 Å². The smallest absolute Gasteiger partial charge is 0.149 e. The van der Waals surface area contributed by atoms with Crippen LogP contribution in [0.25, 0.3) is 0 Å². The number of hydrogen-bond donors (Lipinski definition) is 1. The Morgan fingerprint density at radius 1 is 1.33 bits per heavy atom. The number of benzene rings is 1. The maximum Gasteiger partial charge on any atom is 0.149 e. The van der Waals surface area contributed by atoms with Crippen LogP contribution in [0.3, 0.4) is 0 Å². The molecule has 0 unspecified atom stereocenters. The van der Waals surface area contributed by atoms with Gasteiger partial charge in [-0.05, 0) is 37.8 Å².